The molecule has 0 aliphatic carbocycles. The first-order chi connectivity index (χ1) is 15.0. The van der Waals surface area contributed by atoms with Gasteiger partial charge in [0.1, 0.15) is 10.6 Å². The number of aryl methyl sites for hydroxylation is 2. The van der Waals surface area contributed by atoms with Crippen molar-refractivity contribution in [1.82, 2.24) is 0 Å². The number of halogens is 1. The summed E-state index contributed by atoms with van der Waals surface area (Å²) < 4.78 is 0. The predicted octanol–water partition coefficient (Wildman–Crippen LogP) is 6.20. The van der Waals surface area contributed by atoms with E-state index in [1.165, 1.54) is 16.7 Å². The van der Waals surface area contributed by atoms with Gasteiger partial charge < -0.3 is 5.32 Å². The van der Waals surface area contributed by atoms with E-state index in [4.69, 9.17) is 11.6 Å². The number of benzene rings is 3. The van der Waals surface area contributed by atoms with Crippen molar-refractivity contribution < 1.29 is 9.59 Å². The molecule has 156 valence electrons. The van der Waals surface area contributed by atoms with E-state index in [1.54, 1.807) is 12.1 Å². The van der Waals surface area contributed by atoms with Crippen LogP contribution >= 0.6 is 23.4 Å². The summed E-state index contributed by atoms with van der Waals surface area (Å²) in [6, 6.07) is 22.4. The van der Waals surface area contributed by atoms with Crippen LogP contribution in [0.5, 0.6) is 0 Å². The molecule has 2 amide bonds. The molecule has 1 aliphatic heterocycles. The molecule has 31 heavy (non-hydrogen) atoms. The average molecular weight is 449 g/mol. The Hall–Kier alpha value is -3.02. The maximum absolute atomic E-state index is 13.4. The van der Waals surface area contributed by atoms with Gasteiger partial charge in [0.15, 0.2) is 0 Å². The minimum atomic E-state index is -0.368. The molecule has 1 N–H and O–H groups in total. The second-order valence-corrected chi connectivity index (χ2v) is 8.74. The number of nitrogens with zero attached hydrogens (tertiary/aromatic N) is 1. The fourth-order valence-electron chi connectivity index (χ4n) is 3.32. The third kappa shape index (κ3) is 4.53. The third-order valence-corrected chi connectivity index (χ3v) is 6.31. The lowest BCUT2D eigenvalue weighted by atomic mass is 10.1. The number of carbonyl (C=O) groups excluding carboxylic acids is 2. The van der Waals surface area contributed by atoms with Crippen LogP contribution in [0.25, 0.3) is 0 Å². The molecule has 4 rings (SSSR count). The van der Waals surface area contributed by atoms with E-state index >= 15 is 0 Å². The predicted molar refractivity (Wildman–Crippen MR) is 127 cm³/mol. The van der Waals surface area contributed by atoms with Gasteiger partial charge in [-0.05, 0) is 73.0 Å². The van der Waals surface area contributed by atoms with E-state index in [0.29, 0.717) is 15.6 Å². The van der Waals surface area contributed by atoms with Crippen LogP contribution in [0.15, 0.2) is 88.3 Å². The Morgan fingerprint density at radius 1 is 0.935 bits per heavy atom. The quantitative estimate of drug-likeness (QED) is 0.456. The zero-order valence-electron chi connectivity index (χ0n) is 17.2. The van der Waals surface area contributed by atoms with Gasteiger partial charge in [0.25, 0.3) is 11.8 Å². The third-order valence-electron chi connectivity index (χ3n) is 4.97. The molecule has 6 heteroatoms. The zero-order valence-corrected chi connectivity index (χ0v) is 18.8. The Morgan fingerprint density at radius 3 is 2.29 bits per heavy atom. The minimum absolute atomic E-state index is 0.273. The van der Waals surface area contributed by atoms with Gasteiger partial charge in [-0.1, -0.05) is 54.6 Å². The number of imide groups is 1. The number of anilines is 2. The largest absolute Gasteiger partial charge is 0.350 e. The molecule has 0 saturated heterocycles. The van der Waals surface area contributed by atoms with Crippen LogP contribution in [0.3, 0.4) is 0 Å². The highest BCUT2D eigenvalue weighted by molar-refractivity contribution is 8.04. The van der Waals surface area contributed by atoms with Gasteiger partial charge >= 0.3 is 0 Å². The van der Waals surface area contributed by atoms with E-state index in [2.05, 4.69) is 12.2 Å². The highest BCUT2D eigenvalue weighted by Gasteiger charge is 2.40. The van der Waals surface area contributed by atoms with Crippen LogP contribution in [0, 0.1) is 6.92 Å². The Bertz CT molecular complexity index is 1170. The van der Waals surface area contributed by atoms with E-state index < -0.39 is 0 Å². The molecule has 0 aromatic heterocycles. The van der Waals surface area contributed by atoms with E-state index in [9.17, 15) is 9.59 Å². The van der Waals surface area contributed by atoms with Gasteiger partial charge in [0.2, 0.25) is 0 Å². The summed E-state index contributed by atoms with van der Waals surface area (Å²) in [5.74, 6) is -0.712. The molecular weight excluding hydrogens is 428 g/mol. The molecular formula is C25H21ClN2O2S. The Balaban J connectivity index is 1.73. The average Bonchev–Trinajstić information content (AvgIpc) is 2.99. The SMILES string of the molecule is CCc1ccc(N2C(=O)C(Nc3cccc(C)c3)=C(Sc3ccc(Cl)cc3)C2=O)cc1. The maximum atomic E-state index is 13.4. The molecule has 0 spiro atoms. The first kappa shape index (κ1) is 21.2. The molecule has 1 heterocycles. The lowest BCUT2D eigenvalue weighted by Crippen LogP contribution is -2.32. The van der Waals surface area contributed by atoms with Crippen LogP contribution in [-0.2, 0) is 16.0 Å². The van der Waals surface area contributed by atoms with Crippen molar-refractivity contribution in [3.05, 3.63) is 99.5 Å². The molecule has 3 aromatic rings. The van der Waals surface area contributed by atoms with Gasteiger partial charge in [-0.15, -0.1) is 0 Å². The summed E-state index contributed by atoms with van der Waals surface area (Å²) in [6.45, 7) is 4.04. The van der Waals surface area contributed by atoms with Crippen molar-refractivity contribution in [2.75, 3.05) is 10.2 Å². The minimum Gasteiger partial charge on any atom is -0.350 e. The molecule has 0 fully saturated rings. The summed E-state index contributed by atoms with van der Waals surface area (Å²) >= 11 is 7.25. The lowest BCUT2D eigenvalue weighted by Gasteiger charge is -2.16. The Labute approximate surface area is 190 Å². The second kappa shape index (κ2) is 9.00. The van der Waals surface area contributed by atoms with Gasteiger partial charge in [-0.2, -0.15) is 0 Å². The second-order valence-electron chi connectivity index (χ2n) is 7.22. The van der Waals surface area contributed by atoms with Crippen molar-refractivity contribution in [3.63, 3.8) is 0 Å². The van der Waals surface area contributed by atoms with Crippen LogP contribution in [0.2, 0.25) is 5.02 Å². The molecule has 0 saturated carbocycles. The smallest absolute Gasteiger partial charge is 0.283 e. The van der Waals surface area contributed by atoms with Gasteiger partial charge in [0.05, 0.1) is 5.69 Å². The Kier molecular flexibility index (Phi) is 6.16. The zero-order chi connectivity index (χ0) is 22.0. The molecule has 0 atom stereocenters. The first-order valence-corrected chi connectivity index (χ1v) is 11.1. The normalized spacial score (nSPS) is 13.8. The monoisotopic (exact) mass is 448 g/mol. The number of hydrogen-bond acceptors (Lipinski definition) is 4. The summed E-state index contributed by atoms with van der Waals surface area (Å²) in [6.07, 6.45) is 0.887. The van der Waals surface area contributed by atoms with E-state index in [0.717, 1.165) is 28.1 Å². The number of hydrogen-bond donors (Lipinski definition) is 1. The summed E-state index contributed by atoms with van der Waals surface area (Å²) in [5, 5.41) is 3.80. The van der Waals surface area contributed by atoms with Gasteiger partial charge in [-0.3, -0.25) is 9.59 Å². The number of amides is 2. The van der Waals surface area contributed by atoms with Crippen LogP contribution in [0.4, 0.5) is 11.4 Å². The van der Waals surface area contributed by atoms with Gasteiger partial charge in [-0.25, -0.2) is 4.90 Å². The molecule has 0 unspecified atom stereocenters. The van der Waals surface area contributed by atoms with Crippen molar-refractivity contribution in [2.45, 2.75) is 25.2 Å². The highest BCUT2D eigenvalue weighted by atomic mass is 35.5. The summed E-state index contributed by atoms with van der Waals surface area (Å²) in [5.41, 5.74) is 3.79. The van der Waals surface area contributed by atoms with E-state index in [1.807, 2.05) is 67.6 Å². The highest BCUT2D eigenvalue weighted by Crippen LogP contribution is 2.38. The maximum Gasteiger partial charge on any atom is 0.283 e. The molecule has 0 bridgehead atoms. The molecule has 0 radical (unpaired) electrons. The Morgan fingerprint density at radius 2 is 1.65 bits per heavy atom. The summed E-state index contributed by atoms with van der Waals surface area (Å²) in [7, 11) is 0. The van der Waals surface area contributed by atoms with Gasteiger partial charge in [0, 0.05) is 15.6 Å². The van der Waals surface area contributed by atoms with Crippen molar-refractivity contribution >= 4 is 46.6 Å². The molecule has 4 nitrogen and oxygen atoms in total. The van der Waals surface area contributed by atoms with E-state index in [-0.39, 0.29) is 17.5 Å². The number of thioether (sulfide) groups is 1. The first-order valence-electron chi connectivity index (χ1n) is 9.95. The van der Waals surface area contributed by atoms with Crippen LogP contribution < -0.4 is 10.2 Å². The standard InChI is InChI=1S/C25H21ClN2O2S/c1-3-17-7-11-20(12-8-17)28-24(29)22(27-19-6-4-5-16(2)15-19)23(25(28)30)31-21-13-9-18(26)10-14-21/h4-15,27H,3H2,1-2H3. The molecule has 1 aliphatic rings. The fraction of sp³-hybridized carbons (Fsp3) is 0.120. The van der Waals surface area contributed by atoms with Crippen molar-refractivity contribution in [1.29, 1.82) is 0 Å². The van der Waals surface area contributed by atoms with Crippen molar-refractivity contribution in [3.8, 4) is 0 Å². The van der Waals surface area contributed by atoms with Crippen LogP contribution in [-0.4, -0.2) is 11.8 Å². The van der Waals surface area contributed by atoms with Crippen molar-refractivity contribution in [2.24, 2.45) is 0 Å². The lowest BCUT2D eigenvalue weighted by molar-refractivity contribution is -0.120. The number of nitrogens with one attached hydrogen (secondary N) is 1. The fourth-order valence-corrected chi connectivity index (χ4v) is 4.37. The number of rotatable bonds is 6. The topological polar surface area (TPSA) is 49.4 Å². The molecule has 3 aromatic carbocycles. The number of carbonyl (C=O) groups is 2. The van der Waals surface area contributed by atoms with Crippen LogP contribution in [0.1, 0.15) is 18.1 Å². The summed E-state index contributed by atoms with van der Waals surface area (Å²) in [4.78, 5) is 29.1.